The van der Waals surface area contributed by atoms with E-state index in [1.807, 2.05) is 39.8 Å². The lowest BCUT2D eigenvalue weighted by atomic mass is 9.89. The van der Waals surface area contributed by atoms with E-state index in [0.717, 1.165) is 29.5 Å². The van der Waals surface area contributed by atoms with Gasteiger partial charge in [-0.2, -0.15) is 13.4 Å². The molecule has 0 bridgehead atoms. The zero-order valence-corrected chi connectivity index (χ0v) is 23.5. The average Bonchev–Trinajstić information content (AvgIpc) is 3.62. The van der Waals surface area contributed by atoms with Crippen LogP contribution in [-0.4, -0.2) is 31.6 Å². The molecule has 0 N–H and O–H groups in total. The Morgan fingerprint density at radius 2 is 1.41 bits per heavy atom. The van der Waals surface area contributed by atoms with E-state index in [-0.39, 0.29) is 33.9 Å². The van der Waals surface area contributed by atoms with Crippen molar-refractivity contribution in [3.8, 4) is 17.4 Å². The van der Waals surface area contributed by atoms with Crippen LogP contribution in [0.25, 0.3) is 10.9 Å². The van der Waals surface area contributed by atoms with Gasteiger partial charge in [-0.15, -0.1) is 0 Å². The molecule has 2 aromatic carbocycles. The zero-order valence-electron chi connectivity index (χ0n) is 22.7. The minimum atomic E-state index is -4.21. The zero-order chi connectivity index (χ0) is 26.7. The number of hydrogen-bond donors (Lipinski definition) is 0. The van der Waals surface area contributed by atoms with Gasteiger partial charge in [0.25, 0.3) is 0 Å². The molecule has 0 unspecified atom stereocenters. The van der Waals surface area contributed by atoms with Crippen LogP contribution in [0.5, 0.6) is 17.4 Å². The lowest BCUT2D eigenvalue weighted by Gasteiger charge is -2.22. The Bertz CT molecular complexity index is 1440. The molecule has 1 spiro atoms. The number of aromatic nitrogens is 2. The molecule has 0 saturated heterocycles. The molecule has 0 atom stereocenters. The van der Waals surface area contributed by atoms with Gasteiger partial charge < -0.3 is 13.7 Å². The number of fused-ring (bicyclic) bond motifs is 2. The molecule has 1 saturated carbocycles. The SMILES string of the molecule is Cc1nc(OS(=O)(=O)c2c(C(C)C)cc(C(C)C)cc2C(C)C)c2cc3c(cc2n1)OCC1(CC1)CO3. The molecule has 1 aliphatic heterocycles. The van der Waals surface area contributed by atoms with Crippen LogP contribution >= 0.6 is 0 Å². The number of rotatable bonds is 6. The van der Waals surface area contributed by atoms with E-state index in [2.05, 4.69) is 23.8 Å². The first-order valence-corrected chi connectivity index (χ1v) is 14.5. The van der Waals surface area contributed by atoms with Gasteiger partial charge in [0, 0.05) is 11.5 Å². The van der Waals surface area contributed by atoms with Crippen molar-refractivity contribution in [1.82, 2.24) is 9.97 Å². The van der Waals surface area contributed by atoms with Gasteiger partial charge in [-0.1, -0.05) is 53.7 Å². The number of nitrogens with zero attached hydrogens (tertiary/aromatic N) is 2. The predicted octanol–water partition coefficient (Wildman–Crippen LogP) is 6.63. The average molecular weight is 525 g/mol. The van der Waals surface area contributed by atoms with Crippen LogP contribution in [0.15, 0.2) is 29.2 Å². The fraction of sp³-hybridized carbons (Fsp3) is 0.517. The first-order chi connectivity index (χ1) is 17.4. The van der Waals surface area contributed by atoms with Gasteiger partial charge in [0.2, 0.25) is 5.88 Å². The maximum Gasteiger partial charge on any atom is 0.341 e. The molecule has 1 fully saturated rings. The van der Waals surface area contributed by atoms with Crippen LogP contribution in [0.2, 0.25) is 0 Å². The Morgan fingerprint density at radius 1 is 0.838 bits per heavy atom. The van der Waals surface area contributed by atoms with Crippen LogP contribution in [0, 0.1) is 12.3 Å². The Labute approximate surface area is 219 Å². The highest BCUT2D eigenvalue weighted by Crippen LogP contribution is 2.50. The third-order valence-corrected chi connectivity index (χ3v) is 8.73. The van der Waals surface area contributed by atoms with E-state index < -0.39 is 10.1 Å². The van der Waals surface area contributed by atoms with Gasteiger partial charge in [-0.05, 0) is 60.3 Å². The van der Waals surface area contributed by atoms with E-state index >= 15 is 0 Å². The summed E-state index contributed by atoms with van der Waals surface area (Å²) in [7, 11) is -4.21. The van der Waals surface area contributed by atoms with Gasteiger partial charge in [-0.3, -0.25) is 0 Å². The standard InChI is InChI=1S/C29H36N2O5S/c1-16(2)20-10-21(17(3)4)27(22(11-20)18(5)6)37(32,33)36-28-23-12-25-26(13-24(23)30-19(7)31-28)35-15-29(8-9-29)14-34-25/h10-13,16-18H,8-9,14-15H2,1-7H3. The Balaban J connectivity index is 1.63. The highest BCUT2D eigenvalue weighted by molar-refractivity contribution is 7.87. The summed E-state index contributed by atoms with van der Waals surface area (Å²) in [6.07, 6.45) is 2.16. The van der Waals surface area contributed by atoms with Crippen LogP contribution in [0.1, 0.15) is 94.7 Å². The lowest BCUT2D eigenvalue weighted by Crippen LogP contribution is -2.18. The molecular formula is C29H36N2O5S. The summed E-state index contributed by atoms with van der Waals surface area (Å²) in [5.41, 5.74) is 3.26. The summed E-state index contributed by atoms with van der Waals surface area (Å²) < 4.78 is 46.0. The number of aryl methyl sites for hydroxylation is 1. The van der Waals surface area contributed by atoms with Crippen molar-refractivity contribution in [3.63, 3.8) is 0 Å². The molecule has 3 aromatic rings. The third-order valence-electron chi connectivity index (χ3n) is 7.38. The second kappa shape index (κ2) is 9.15. The summed E-state index contributed by atoms with van der Waals surface area (Å²) in [4.78, 5) is 9.17. The maximum absolute atomic E-state index is 14.0. The van der Waals surface area contributed by atoms with E-state index in [4.69, 9.17) is 13.7 Å². The van der Waals surface area contributed by atoms with Crippen molar-refractivity contribution in [3.05, 3.63) is 46.8 Å². The molecule has 0 amide bonds. The predicted molar refractivity (Wildman–Crippen MR) is 143 cm³/mol. The normalized spacial score (nSPS) is 16.6. The molecular weight excluding hydrogens is 488 g/mol. The largest absolute Gasteiger partial charge is 0.489 e. The molecule has 2 aliphatic rings. The maximum atomic E-state index is 14.0. The number of ether oxygens (including phenoxy) is 2. The molecule has 8 heteroatoms. The Kier molecular flexibility index (Phi) is 6.37. The third kappa shape index (κ3) is 4.88. The number of benzene rings is 2. The first kappa shape index (κ1) is 25.8. The first-order valence-electron chi connectivity index (χ1n) is 13.1. The van der Waals surface area contributed by atoms with E-state index in [1.54, 1.807) is 19.1 Å². The van der Waals surface area contributed by atoms with Crippen LogP contribution in [-0.2, 0) is 10.1 Å². The van der Waals surface area contributed by atoms with Gasteiger partial charge in [0.05, 0.1) is 24.1 Å². The topological polar surface area (TPSA) is 87.6 Å². The van der Waals surface area contributed by atoms with Crippen molar-refractivity contribution in [1.29, 1.82) is 0 Å². The summed E-state index contributed by atoms with van der Waals surface area (Å²) in [5, 5.41) is 0.472. The molecule has 198 valence electrons. The molecule has 7 nitrogen and oxygen atoms in total. The lowest BCUT2D eigenvalue weighted by molar-refractivity contribution is 0.197. The molecule has 0 radical (unpaired) electrons. The minimum Gasteiger partial charge on any atom is -0.489 e. The van der Waals surface area contributed by atoms with Crippen molar-refractivity contribution in [2.45, 2.75) is 84.0 Å². The van der Waals surface area contributed by atoms with Crippen molar-refractivity contribution in [2.75, 3.05) is 13.2 Å². The second-order valence-electron chi connectivity index (χ2n) is 11.5. The van der Waals surface area contributed by atoms with Crippen LogP contribution in [0.3, 0.4) is 0 Å². The van der Waals surface area contributed by atoms with E-state index in [9.17, 15) is 8.42 Å². The van der Waals surface area contributed by atoms with Gasteiger partial charge in [0.1, 0.15) is 10.7 Å². The summed E-state index contributed by atoms with van der Waals surface area (Å²) >= 11 is 0. The van der Waals surface area contributed by atoms with Gasteiger partial charge in [0.15, 0.2) is 11.5 Å². The summed E-state index contributed by atoms with van der Waals surface area (Å²) in [6.45, 7) is 15.2. The Morgan fingerprint density at radius 3 is 1.92 bits per heavy atom. The minimum absolute atomic E-state index is 0.00312. The highest BCUT2D eigenvalue weighted by Gasteiger charge is 2.46. The van der Waals surface area contributed by atoms with Crippen molar-refractivity contribution >= 4 is 21.0 Å². The summed E-state index contributed by atoms with van der Waals surface area (Å²) in [5.74, 6) is 1.82. The fourth-order valence-electron chi connectivity index (χ4n) is 4.80. The molecule has 5 rings (SSSR count). The smallest absolute Gasteiger partial charge is 0.341 e. The molecule has 37 heavy (non-hydrogen) atoms. The van der Waals surface area contributed by atoms with Crippen LogP contribution < -0.4 is 13.7 Å². The van der Waals surface area contributed by atoms with E-state index in [1.165, 1.54) is 0 Å². The van der Waals surface area contributed by atoms with Crippen LogP contribution in [0.4, 0.5) is 0 Å². The van der Waals surface area contributed by atoms with Gasteiger partial charge >= 0.3 is 10.1 Å². The fourth-order valence-corrected chi connectivity index (χ4v) is 6.39. The van der Waals surface area contributed by atoms with Gasteiger partial charge in [-0.25, -0.2) is 4.98 Å². The summed E-state index contributed by atoms with van der Waals surface area (Å²) in [6, 6.07) is 7.53. The van der Waals surface area contributed by atoms with Crippen molar-refractivity contribution in [2.24, 2.45) is 5.41 Å². The highest BCUT2D eigenvalue weighted by atomic mass is 32.2. The molecule has 1 aliphatic carbocycles. The monoisotopic (exact) mass is 524 g/mol. The molecule has 2 heterocycles. The quantitative estimate of drug-likeness (QED) is 0.335. The second-order valence-corrected chi connectivity index (χ2v) is 13.0. The number of hydrogen-bond acceptors (Lipinski definition) is 7. The van der Waals surface area contributed by atoms with E-state index in [0.29, 0.717) is 41.4 Å². The van der Waals surface area contributed by atoms with Crippen molar-refractivity contribution < 1.29 is 22.1 Å². The molecule has 1 aromatic heterocycles. The Hall–Kier alpha value is -2.87.